The van der Waals surface area contributed by atoms with Crippen LogP contribution in [0, 0.1) is 0 Å². The maximum Gasteiger partial charge on any atom is 0.417 e. The van der Waals surface area contributed by atoms with Gasteiger partial charge in [-0.15, -0.1) is 0 Å². The topological polar surface area (TPSA) is 20.2 Å². The summed E-state index contributed by atoms with van der Waals surface area (Å²) in [6.07, 6.45) is -3.21. The van der Waals surface area contributed by atoms with Crippen LogP contribution in [0.4, 0.5) is 13.2 Å². The highest BCUT2D eigenvalue weighted by Crippen LogP contribution is 2.35. The number of hydrogen-bond donors (Lipinski definition) is 1. The lowest BCUT2D eigenvalue weighted by atomic mass is 9.97. The maximum absolute atomic E-state index is 12.9. The Morgan fingerprint density at radius 2 is 1.61 bits per heavy atom. The summed E-state index contributed by atoms with van der Waals surface area (Å²) in [6, 6.07) is 9.13. The predicted octanol–water partition coefficient (Wildman–Crippen LogP) is 3.78. The molecular weight excluding hydrogens is 241 g/mol. The van der Waals surface area contributed by atoms with E-state index >= 15 is 0 Å². The molecule has 0 aliphatic heterocycles. The molecule has 0 heterocycles. The smallest absolute Gasteiger partial charge is 0.396 e. The van der Waals surface area contributed by atoms with Gasteiger partial charge in [-0.3, -0.25) is 0 Å². The van der Waals surface area contributed by atoms with Crippen molar-refractivity contribution < 1.29 is 18.3 Å². The van der Waals surface area contributed by atoms with Crippen LogP contribution < -0.4 is 0 Å². The van der Waals surface area contributed by atoms with Crippen LogP contribution in [0.25, 0.3) is 10.8 Å². The number of aliphatic hydroxyl groups is 1. The average Bonchev–Trinajstić information content (AvgIpc) is 2.34. The Labute approximate surface area is 103 Å². The molecule has 2 aromatic carbocycles. The lowest BCUT2D eigenvalue weighted by molar-refractivity contribution is -0.136. The Bertz CT molecular complexity index is 546. The summed E-state index contributed by atoms with van der Waals surface area (Å²) < 4.78 is 38.6. The van der Waals surface area contributed by atoms with Gasteiger partial charge in [-0.25, -0.2) is 0 Å². The van der Waals surface area contributed by atoms with Gasteiger partial charge in [0, 0.05) is 6.61 Å². The van der Waals surface area contributed by atoms with E-state index in [1.807, 2.05) is 0 Å². The van der Waals surface area contributed by atoms with Crippen LogP contribution in [0.2, 0.25) is 0 Å². The van der Waals surface area contributed by atoms with Gasteiger partial charge in [0.25, 0.3) is 0 Å². The largest absolute Gasteiger partial charge is 0.417 e. The average molecular weight is 254 g/mol. The van der Waals surface area contributed by atoms with Gasteiger partial charge in [0.05, 0.1) is 5.56 Å². The van der Waals surface area contributed by atoms with Gasteiger partial charge in [0.15, 0.2) is 0 Å². The normalized spacial score (nSPS) is 12.0. The Hall–Kier alpha value is -1.55. The predicted molar refractivity (Wildman–Crippen MR) is 64.4 cm³/mol. The molecule has 0 aliphatic carbocycles. The molecule has 18 heavy (non-hydrogen) atoms. The van der Waals surface area contributed by atoms with Crippen molar-refractivity contribution in [3.05, 3.63) is 47.5 Å². The van der Waals surface area contributed by atoms with Crippen LogP contribution in [-0.4, -0.2) is 11.7 Å². The van der Waals surface area contributed by atoms with Crippen molar-refractivity contribution in [1.82, 2.24) is 0 Å². The summed E-state index contributed by atoms with van der Waals surface area (Å²) in [5, 5.41) is 9.64. The van der Waals surface area contributed by atoms with E-state index in [9.17, 15) is 13.2 Å². The van der Waals surface area contributed by atoms with Crippen molar-refractivity contribution in [2.45, 2.75) is 19.0 Å². The second kappa shape index (κ2) is 4.98. The minimum atomic E-state index is -4.34. The van der Waals surface area contributed by atoms with E-state index < -0.39 is 11.7 Å². The zero-order valence-electron chi connectivity index (χ0n) is 9.67. The first kappa shape index (κ1) is 12.9. The summed E-state index contributed by atoms with van der Waals surface area (Å²) in [4.78, 5) is 0. The molecule has 0 fully saturated rings. The second-order valence-electron chi connectivity index (χ2n) is 4.14. The fourth-order valence-electron chi connectivity index (χ4n) is 2.11. The molecule has 0 amide bonds. The van der Waals surface area contributed by atoms with Crippen LogP contribution >= 0.6 is 0 Å². The van der Waals surface area contributed by atoms with Gasteiger partial charge in [-0.1, -0.05) is 30.3 Å². The molecule has 0 aliphatic rings. The van der Waals surface area contributed by atoms with E-state index in [0.717, 1.165) is 11.6 Å². The number of alkyl halides is 3. The SMILES string of the molecule is OCCCc1cccc2c(C(F)(F)F)cccc12. The molecule has 4 heteroatoms. The highest BCUT2D eigenvalue weighted by molar-refractivity contribution is 5.89. The Morgan fingerprint density at radius 1 is 0.944 bits per heavy atom. The van der Waals surface area contributed by atoms with E-state index in [1.54, 1.807) is 18.2 Å². The second-order valence-corrected chi connectivity index (χ2v) is 4.14. The monoisotopic (exact) mass is 254 g/mol. The van der Waals surface area contributed by atoms with Gasteiger partial charge in [-0.05, 0) is 35.2 Å². The molecular formula is C14H13F3O. The number of hydrogen-bond acceptors (Lipinski definition) is 1. The van der Waals surface area contributed by atoms with Crippen LogP contribution in [-0.2, 0) is 12.6 Å². The van der Waals surface area contributed by atoms with Crippen LogP contribution in [0.3, 0.4) is 0 Å². The molecule has 0 aromatic heterocycles. The van der Waals surface area contributed by atoms with Crippen LogP contribution in [0.15, 0.2) is 36.4 Å². The third-order valence-electron chi connectivity index (χ3n) is 2.92. The minimum absolute atomic E-state index is 0.0371. The van der Waals surface area contributed by atoms with Crippen molar-refractivity contribution in [3.63, 3.8) is 0 Å². The van der Waals surface area contributed by atoms with Gasteiger partial charge in [0.1, 0.15) is 0 Å². The standard InChI is InChI=1S/C14H13F3O/c15-14(16,17)13-8-2-6-11-10(5-3-9-18)4-1-7-12(11)13/h1-2,4,6-8,18H,3,5,9H2. The third kappa shape index (κ3) is 2.48. The first-order chi connectivity index (χ1) is 8.54. The van der Waals surface area contributed by atoms with Crippen molar-refractivity contribution >= 4 is 10.8 Å². The molecule has 96 valence electrons. The number of aryl methyl sites for hydroxylation is 1. The maximum atomic E-state index is 12.9. The molecule has 0 saturated carbocycles. The highest BCUT2D eigenvalue weighted by Gasteiger charge is 2.32. The van der Waals surface area contributed by atoms with E-state index in [4.69, 9.17) is 5.11 Å². The molecule has 0 atom stereocenters. The van der Waals surface area contributed by atoms with Crippen molar-refractivity contribution in [2.75, 3.05) is 6.61 Å². The molecule has 1 N–H and O–H groups in total. The first-order valence-corrected chi connectivity index (χ1v) is 5.72. The molecule has 0 spiro atoms. The molecule has 0 saturated heterocycles. The molecule has 0 unspecified atom stereocenters. The molecule has 2 rings (SSSR count). The molecule has 0 bridgehead atoms. The van der Waals surface area contributed by atoms with Gasteiger partial charge < -0.3 is 5.11 Å². The minimum Gasteiger partial charge on any atom is -0.396 e. The summed E-state index contributed by atoms with van der Waals surface area (Å²) in [5.74, 6) is 0. The third-order valence-corrected chi connectivity index (χ3v) is 2.92. The number of benzene rings is 2. The Kier molecular flexibility index (Phi) is 3.57. The number of rotatable bonds is 3. The van der Waals surface area contributed by atoms with Gasteiger partial charge in [-0.2, -0.15) is 13.2 Å². The van der Waals surface area contributed by atoms with Crippen LogP contribution in [0.5, 0.6) is 0 Å². The van der Waals surface area contributed by atoms with E-state index in [1.165, 1.54) is 12.1 Å². The fraction of sp³-hybridized carbons (Fsp3) is 0.286. The van der Waals surface area contributed by atoms with Crippen molar-refractivity contribution in [3.8, 4) is 0 Å². The summed E-state index contributed by atoms with van der Waals surface area (Å²) >= 11 is 0. The summed E-state index contributed by atoms with van der Waals surface area (Å²) in [5.41, 5.74) is 0.235. The lowest BCUT2D eigenvalue weighted by Gasteiger charge is -2.12. The van der Waals surface area contributed by atoms with Gasteiger partial charge >= 0.3 is 6.18 Å². The fourth-order valence-corrected chi connectivity index (χ4v) is 2.11. The first-order valence-electron chi connectivity index (χ1n) is 5.72. The van der Waals surface area contributed by atoms with E-state index in [-0.39, 0.29) is 12.0 Å². The molecule has 2 aromatic rings. The van der Waals surface area contributed by atoms with E-state index in [0.29, 0.717) is 18.2 Å². The number of aliphatic hydroxyl groups excluding tert-OH is 1. The van der Waals surface area contributed by atoms with Gasteiger partial charge in [0.2, 0.25) is 0 Å². The molecule has 0 radical (unpaired) electrons. The Morgan fingerprint density at radius 3 is 2.28 bits per heavy atom. The number of halogens is 3. The zero-order chi connectivity index (χ0) is 13.2. The van der Waals surface area contributed by atoms with Crippen LogP contribution in [0.1, 0.15) is 17.5 Å². The van der Waals surface area contributed by atoms with E-state index in [2.05, 4.69) is 0 Å². The van der Waals surface area contributed by atoms with Crippen molar-refractivity contribution in [1.29, 1.82) is 0 Å². The lowest BCUT2D eigenvalue weighted by Crippen LogP contribution is -2.06. The van der Waals surface area contributed by atoms with Crippen molar-refractivity contribution in [2.24, 2.45) is 0 Å². The highest BCUT2D eigenvalue weighted by atomic mass is 19.4. The quantitative estimate of drug-likeness (QED) is 0.883. The summed E-state index contributed by atoms with van der Waals surface area (Å²) in [7, 11) is 0. The molecule has 1 nitrogen and oxygen atoms in total. The summed E-state index contributed by atoms with van der Waals surface area (Å²) in [6.45, 7) is 0.0371. The zero-order valence-corrected chi connectivity index (χ0v) is 9.67. The Balaban J connectivity index is 2.58. The number of fused-ring (bicyclic) bond motifs is 1.